The highest BCUT2D eigenvalue weighted by molar-refractivity contribution is 5.84. The van der Waals surface area contributed by atoms with Crippen molar-refractivity contribution >= 4 is 53.5 Å². The van der Waals surface area contributed by atoms with Gasteiger partial charge in [0.15, 0.2) is 0 Å². The lowest BCUT2D eigenvalue weighted by molar-refractivity contribution is 1.26. The summed E-state index contributed by atoms with van der Waals surface area (Å²) in [4.78, 5) is 2.35. The number of fused-ring (bicyclic) bond motifs is 9. The van der Waals surface area contributed by atoms with E-state index in [4.69, 9.17) is 0 Å². The molecule has 302 valence electrons. The standard InChI is InChI=1S/C63H45N/c1-4-10-58-49(7-1)40-52-37-46(25-34-61(52)58)16-13-43-19-28-55(29-20-43)64(56-30-21-44(22-31-56)14-17-47-26-35-62-53(38-47)41-50-8-2-5-11-59(50)62)57-32-23-45(24-33-57)15-18-48-27-36-63-54(39-48)42-51-9-3-6-12-60(51)63/h1-39H,40-42H2. The summed E-state index contributed by atoms with van der Waals surface area (Å²) in [5.41, 5.74) is 27.2. The van der Waals surface area contributed by atoms with Crippen molar-refractivity contribution in [2.75, 3.05) is 4.90 Å². The highest BCUT2D eigenvalue weighted by Gasteiger charge is 2.20. The van der Waals surface area contributed by atoms with E-state index in [0.29, 0.717) is 0 Å². The molecule has 64 heavy (non-hydrogen) atoms. The number of benzene rings is 9. The summed E-state index contributed by atoms with van der Waals surface area (Å²) >= 11 is 0. The second-order valence-electron chi connectivity index (χ2n) is 17.4. The minimum Gasteiger partial charge on any atom is -0.311 e. The van der Waals surface area contributed by atoms with Crippen LogP contribution in [0.1, 0.15) is 66.8 Å². The Labute approximate surface area is 376 Å². The van der Waals surface area contributed by atoms with Gasteiger partial charge in [0, 0.05) is 17.1 Å². The van der Waals surface area contributed by atoms with E-state index in [1.54, 1.807) is 0 Å². The van der Waals surface area contributed by atoms with Gasteiger partial charge in [-0.2, -0.15) is 0 Å². The highest BCUT2D eigenvalue weighted by Crippen LogP contribution is 2.40. The molecule has 9 aromatic carbocycles. The van der Waals surface area contributed by atoms with E-state index in [1.807, 2.05) is 0 Å². The molecule has 9 aromatic rings. The molecule has 0 amide bonds. The van der Waals surface area contributed by atoms with Gasteiger partial charge >= 0.3 is 0 Å². The topological polar surface area (TPSA) is 3.24 Å². The molecule has 0 aliphatic heterocycles. The van der Waals surface area contributed by atoms with Crippen LogP contribution in [0.5, 0.6) is 0 Å². The molecule has 0 fully saturated rings. The molecule has 0 spiro atoms. The summed E-state index contributed by atoms with van der Waals surface area (Å²) in [7, 11) is 0. The van der Waals surface area contributed by atoms with Gasteiger partial charge in [-0.3, -0.25) is 0 Å². The van der Waals surface area contributed by atoms with Gasteiger partial charge in [-0.25, -0.2) is 0 Å². The van der Waals surface area contributed by atoms with Crippen LogP contribution in [0.3, 0.4) is 0 Å². The third-order valence-corrected chi connectivity index (χ3v) is 13.3. The number of nitrogens with zero attached hydrogens (tertiary/aromatic N) is 1. The Morgan fingerprint density at radius 2 is 0.484 bits per heavy atom. The molecule has 3 aliphatic rings. The van der Waals surface area contributed by atoms with E-state index in [-0.39, 0.29) is 0 Å². The van der Waals surface area contributed by atoms with Gasteiger partial charge in [-0.15, -0.1) is 0 Å². The molecule has 3 aliphatic carbocycles. The van der Waals surface area contributed by atoms with Crippen LogP contribution in [0.25, 0.3) is 69.8 Å². The van der Waals surface area contributed by atoms with Crippen LogP contribution in [0.2, 0.25) is 0 Å². The number of hydrogen-bond donors (Lipinski definition) is 0. The monoisotopic (exact) mass is 815 g/mol. The molecule has 0 atom stereocenters. The van der Waals surface area contributed by atoms with Crippen molar-refractivity contribution in [2.24, 2.45) is 0 Å². The van der Waals surface area contributed by atoms with E-state index < -0.39 is 0 Å². The first kappa shape index (κ1) is 37.7. The van der Waals surface area contributed by atoms with Crippen molar-refractivity contribution in [1.82, 2.24) is 0 Å². The number of anilines is 3. The van der Waals surface area contributed by atoms with Crippen molar-refractivity contribution < 1.29 is 0 Å². The number of hydrogen-bond acceptors (Lipinski definition) is 1. The maximum atomic E-state index is 2.35. The van der Waals surface area contributed by atoms with Crippen molar-refractivity contribution in [3.05, 3.63) is 267 Å². The van der Waals surface area contributed by atoms with Crippen LogP contribution >= 0.6 is 0 Å². The van der Waals surface area contributed by atoms with E-state index in [2.05, 4.69) is 242 Å². The summed E-state index contributed by atoms with van der Waals surface area (Å²) < 4.78 is 0. The quantitative estimate of drug-likeness (QED) is 0.131. The van der Waals surface area contributed by atoms with E-state index in [1.165, 1.54) is 100 Å². The minimum atomic E-state index is 1.00. The number of rotatable bonds is 9. The van der Waals surface area contributed by atoms with Gasteiger partial charge in [0.2, 0.25) is 0 Å². The Kier molecular flexibility index (Phi) is 9.46. The van der Waals surface area contributed by atoms with E-state index >= 15 is 0 Å². The van der Waals surface area contributed by atoms with Crippen molar-refractivity contribution in [3.8, 4) is 33.4 Å². The Morgan fingerprint density at radius 3 is 0.797 bits per heavy atom. The zero-order valence-electron chi connectivity index (χ0n) is 35.6. The second-order valence-corrected chi connectivity index (χ2v) is 17.4. The second kappa shape index (κ2) is 16.0. The van der Waals surface area contributed by atoms with Crippen LogP contribution in [0.4, 0.5) is 17.1 Å². The van der Waals surface area contributed by atoms with Crippen LogP contribution < -0.4 is 4.90 Å². The molecule has 0 saturated heterocycles. The van der Waals surface area contributed by atoms with Gasteiger partial charge in [0.1, 0.15) is 0 Å². The maximum absolute atomic E-state index is 2.35. The Hall–Kier alpha value is -8.00. The maximum Gasteiger partial charge on any atom is 0.0462 e. The average molecular weight is 816 g/mol. The van der Waals surface area contributed by atoms with Crippen LogP contribution in [-0.2, 0) is 19.3 Å². The normalized spacial score (nSPS) is 12.9. The highest BCUT2D eigenvalue weighted by atomic mass is 15.1. The Balaban J connectivity index is 0.800. The summed E-state index contributed by atoms with van der Waals surface area (Å²) in [5.74, 6) is 0. The average Bonchev–Trinajstić information content (AvgIpc) is 4.04. The van der Waals surface area contributed by atoms with Crippen molar-refractivity contribution in [1.29, 1.82) is 0 Å². The predicted octanol–water partition coefficient (Wildman–Crippen LogP) is 16.4. The van der Waals surface area contributed by atoms with Crippen LogP contribution in [0, 0.1) is 0 Å². The summed E-state index contributed by atoms with van der Waals surface area (Å²) in [5, 5.41) is 0. The zero-order valence-corrected chi connectivity index (χ0v) is 35.6. The minimum absolute atomic E-state index is 1.00. The lowest BCUT2D eigenvalue weighted by atomic mass is 10.0. The van der Waals surface area contributed by atoms with Gasteiger partial charge in [-0.1, -0.05) is 200 Å². The molecule has 0 bridgehead atoms. The fourth-order valence-electron chi connectivity index (χ4n) is 10.0. The lowest BCUT2D eigenvalue weighted by Crippen LogP contribution is -2.09. The SMILES string of the molecule is C(=Cc1ccc2c(c1)Cc1ccccc1-2)c1ccc(N(c2ccc(C=Cc3ccc4c(c3)Cc3ccccc3-4)cc2)c2ccc(C=Cc3ccc4c(c3)Cc3ccccc3-4)cc2)cc1. The Bertz CT molecular complexity index is 2970. The predicted molar refractivity (Wildman–Crippen MR) is 272 cm³/mol. The zero-order chi connectivity index (χ0) is 42.4. The van der Waals surface area contributed by atoms with Crippen LogP contribution in [0.15, 0.2) is 200 Å². The van der Waals surface area contributed by atoms with E-state index in [9.17, 15) is 0 Å². The molecule has 0 N–H and O–H groups in total. The molecular formula is C63H45N. The molecule has 12 rings (SSSR count). The van der Waals surface area contributed by atoms with Crippen molar-refractivity contribution in [2.45, 2.75) is 19.3 Å². The van der Waals surface area contributed by atoms with Crippen LogP contribution in [-0.4, -0.2) is 0 Å². The molecule has 0 aromatic heterocycles. The molecule has 1 nitrogen and oxygen atoms in total. The summed E-state index contributed by atoms with van der Waals surface area (Å²) in [6.45, 7) is 0. The first-order chi connectivity index (χ1) is 31.6. The molecule has 0 heterocycles. The largest absolute Gasteiger partial charge is 0.311 e. The molecule has 0 radical (unpaired) electrons. The summed E-state index contributed by atoms with van der Waals surface area (Å²) in [6.07, 6.45) is 16.4. The third-order valence-electron chi connectivity index (χ3n) is 13.3. The fourth-order valence-corrected chi connectivity index (χ4v) is 10.0. The van der Waals surface area contributed by atoms with Crippen molar-refractivity contribution in [3.63, 3.8) is 0 Å². The first-order valence-electron chi connectivity index (χ1n) is 22.4. The van der Waals surface area contributed by atoms with Gasteiger partial charge in [0.25, 0.3) is 0 Å². The van der Waals surface area contributed by atoms with Gasteiger partial charge < -0.3 is 4.90 Å². The fraction of sp³-hybridized carbons (Fsp3) is 0.0476. The third kappa shape index (κ3) is 7.21. The van der Waals surface area contributed by atoms with Gasteiger partial charge in [0.05, 0.1) is 0 Å². The smallest absolute Gasteiger partial charge is 0.0462 e. The molecule has 0 unspecified atom stereocenters. The summed E-state index contributed by atoms with van der Waals surface area (Å²) in [6, 6.07) is 73.6. The first-order valence-corrected chi connectivity index (χ1v) is 22.4. The van der Waals surface area contributed by atoms with E-state index in [0.717, 1.165) is 36.3 Å². The molecular weight excluding hydrogens is 771 g/mol. The molecule has 1 heteroatoms. The Morgan fingerprint density at radius 1 is 0.234 bits per heavy atom. The lowest BCUT2D eigenvalue weighted by Gasteiger charge is -2.26. The molecule has 0 saturated carbocycles. The van der Waals surface area contributed by atoms with Gasteiger partial charge in [-0.05, 0) is 156 Å².